The van der Waals surface area contributed by atoms with Crippen molar-refractivity contribution in [3.8, 4) is 0 Å². The minimum atomic E-state index is -0.107. The molecule has 3 heteroatoms. The van der Waals surface area contributed by atoms with Crippen molar-refractivity contribution in [1.29, 1.82) is 0 Å². The van der Waals surface area contributed by atoms with E-state index >= 15 is 0 Å². The second-order valence-corrected chi connectivity index (χ2v) is 6.15. The van der Waals surface area contributed by atoms with E-state index in [1.807, 2.05) is 0 Å². The zero-order valence-corrected chi connectivity index (χ0v) is 11.4. The van der Waals surface area contributed by atoms with E-state index in [4.69, 9.17) is 0 Å². The number of rotatable bonds is 4. The summed E-state index contributed by atoms with van der Waals surface area (Å²) < 4.78 is 0. The molecule has 100 valence electrons. The molecule has 1 heterocycles. The standard InChI is InChI=1S/C14H28N2O/c1-12-10-15(2)7-8-16(12)11-14(17)9-13-5-3-4-6-13/h12-14,17H,3-11H2,1-2H3. The van der Waals surface area contributed by atoms with Gasteiger partial charge in [0, 0.05) is 32.2 Å². The highest BCUT2D eigenvalue weighted by molar-refractivity contribution is 4.80. The quantitative estimate of drug-likeness (QED) is 0.808. The van der Waals surface area contributed by atoms with E-state index < -0.39 is 0 Å². The van der Waals surface area contributed by atoms with E-state index in [1.54, 1.807) is 0 Å². The predicted octanol–water partition coefficient (Wildman–Crippen LogP) is 1.56. The lowest BCUT2D eigenvalue weighted by Crippen LogP contribution is -2.52. The molecule has 0 aromatic carbocycles. The summed E-state index contributed by atoms with van der Waals surface area (Å²) in [6, 6.07) is 0.590. The van der Waals surface area contributed by atoms with Crippen LogP contribution in [0.25, 0.3) is 0 Å². The van der Waals surface area contributed by atoms with Crippen LogP contribution in [0.2, 0.25) is 0 Å². The van der Waals surface area contributed by atoms with Gasteiger partial charge in [-0.15, -0.1) is 0 Å². The molecule has 2 rings (SSSR count). The molecule has 3 nitrogen and oxygen atoms in total. The van der Waals surface area contributed by atoms with Crippen LogP contribution in [0.4, 0.5) is 0 Å². The minimum absolute atomic E-state index is 0.107. The van der Waals surface area contributed by atoms with Gasteiger partial charge in [0.25, 0.3) is 0 Å². The molecule has 17 heavy (non-hydrogen) atoms. The number of hydrogen-bond donors (Lipinski definition) is 1. The molecule has 2 aliphatic rings. The predicted molar refractivity (Wildman–Crippen MR) is 71.1 cm³/mol. The van der Waals surface area contributed by atoms with Crippen LogP contribution < -0.4 is 0 Å². The zero-order chi connectivity index (χ0) is 12.3. The number of likely N-dealkylation sites (N-methyl/N-ethyl adjacent to an activating group) is 1. The summed E-state index contributed by atoms with van der Waals surface area (Å²) in [5.74, 6) is 0.799. The van der Waals surface area contributed by atoms with Gasteiger partial charge in [-0.3, -0.25) is 4.90 Å². The van der Waals surface area contributed by atoms with Gasteiger partial charge in [-0.2, -0.15) is 0 Å². The molecule has 1 aliphatic carbocycles. The molecular formula is C14H28N2O. The molecule has 2 fully saturated rings. The van der Waals surface area contributed by atoms with Crippen molar-refractivity contribution in [2.45, 2.75) is 51.2 Å². The summed E-state index contributed by atoms with van der Waals surface area (Å²) in [5, 5.41) is 10.2. The third-order valence-electron chi connectivity index (χ3n) is 4.49. The SMILES string of the molecule is CC1CN(C)CCN1CC(O)CC1CCCC1. The molecule has 0 aromatic rings. The maximum Gasteiger partial charge on any atom is 0.0669 e. The second kappa shape index (κ2) is 6.17. The number of hydrogen-bond acceptors (Lipinski definition) is 3. The molecule has 1 saturated carbocycles. The molecule has 0 radical (unpaired) electrons. The molecule has 2 unspecified atom stereocenters. The highest BCUT2D eigenvalue weighted by Crippen LogP contribution is 2.28. The van der Waals surface area contributed by atoms with Gasteiger partial charge in [0.05, 0.1) is 6.10 Å². The Morgan fingerprint density at radius 3 is 2.59 bits per heavy atom. The fraction of sp³-hybridized carbons (Fsp3) is 1.00. The lowest BCUT2D eigenvalue weighted by molar-refractivity contribution is 0.0382. The number of aliphatic hydroxyl groups excluding tert-OH is 1. The van der Waals surface area contributed by atoms with Crippen molar-refractivity contribution in [2.75, 3.05) is 33.2 Å². The fourth-order valence-electron chi connectivity index (χ4n) is 3.42. The average Bonchev–Trinajstić information content (AvgIpc) is 2.75. The first-order chi connectivity index (χ1) is 8.15. The first kappa shape index (κ1) is 13.3. The van der Waals surface area contributed by atoms with E-state index in [2.05, 4.69) is 23.8 Å². The van der Waals surface area contributed by atoms with Crippen molar-refractivity contribution in [1.82, 2.24) is 9.80 Å². The Bertz CT molecular complexity index is 228. The van der Waals surface area contributed by atoms with Crippen molar-refractivity contribution >= 4 is 0 Å². The fourth-order valence-corrected chi connectivity index (χ4v) is 3.42. The van der Waals surface area contributed by atoms with Gasteiger partial charge >= 0.3 is 0 Å². The number of aliphatic hydroxyl groups is 1. The molecule has 2 atom stereocenters. The number of piperazine rings is 1. The van der Waals surface area contributed by atoms with Crippen LogP contribution in [0, 0.1) is 5.92 Å². The smallest absolute Gasteiger partial charge is 0.0669 e. The summed E-state index contributed by atoms with van der Waals surface area (Å²) in [5.41, 5.74) is 0. The van der Waals surface area contributed by atoms with Crippen LogP contribution in [-0.2, 0) is 0 Å². The van der Waals surface area contributed by atoms with Crippen molar-refractivity contribution in [3.63, 3.8) is 0 Å². The van der Waals surface area contributed by atoms with Gasteiger partial charge in [-0.05, 0) is 26.3 Å². The van der Waals surface area contributed by atoms with E-state index in [1.165, 1.54) is 25.7 Å². The first-order valence-corrected chi connectivity index (χ1v) is 7.26. The van der Waals surface area contributed by atoms with E-state index in [-0.39, 0.29) is 6.10 Å². The van der Waals surface area contributed by atoms with Gasteiger partial charge in [0.1, 0.15) is 0 Å². The van der Waals surface area contributed by atoms with Gasteiger partial charge < -0.3 is 10.0 Å². The molecule has 1 aliphatic heterocycles. The summed E-state index contributed by atoms with van der Waals surface area (Å²) >= 11 is 0. The normalized spacial score (nSPS) is 30.9. The van der Waals surface area contributed by atoms with Crippen LogP contribution in [0.15, 0.2) is 0 Å². The van der Waals surface area contributed by atoms with Crippen LogP contribution in [0.3, 0.4) is 0 Å². The zero-order valence-electron chi connectivity index (χ0n) is 11.4. The Kier molecular flexibility index (Phi) is 4.83. The summed E-state index contributed by atoms with van der Waals surface area (Å²) in [6.45, 7) is 6.54. The van der Waals surface area contributed by atoms with Gasteiger partial charge in [-0.25, -0.2) is 0 Å². The molecule has 0 spiro atoms. The molecule has 1 saturated heterocycles. The third kappa shape index (κ3) is 3.94. The van der Waals surface area contributed by atoms with Crippen LogP contribution in [0.1, 0.15) is 39.0 Å². The van der Waals surface area contributed by atoms with Crippen LogP contribution in [0.5, 0.6) is 0 Å². The monoisotopic (exact) mass is 240 g/mol. The highest BCUT2D eigenvalue weighted by Gasteiger charge is 2.25. The molecular weight excluding hydrogens is 212 g/mol. The van der Waals surface area contributed by atoms with Crippen molar-refractivity contribution < 1.29 is 5.11 Å². The first-order valence-electron chi connectivity index (χ1n) is 7.26. The summed E-state index contributed by atoms with van der Waals surface area (Å²) in [6.07, 6.45) is 6.36. The lowest BCUT2D eigenvalue weighted by Gasteiger charge is -2.39. The Morgan fingerprint density at radius 2 is 1.94 bits per heavy atom. The van der Waals surface area contributed by atoms with Crippen LogP contribution in [-0.4, -0.2) is 60.3 Å². The van der Waals surface area contributed by atoms with E-state index in [0.29, 0.717) is 6.04 Å². The van der Waals surface area contributed by atoms with Crippen molar-refractivity contribution in [3.05, 3.63) is 0 Å². The van der Waals surface area contributed by atoms with Crippen LogP contribution >= 0.6 is 0 Å². The maximum atomic E-state index is 10.2. The topological polar surface area (TPSA) is 26.7 Å². The van der Waals surface area contributed by atoms with E-state index in [0.717, 1.165) is 38.5 Å². The number of nitrogens with zero attached hydrogens (tertiary/aromatic N) is 2. The highest BCUT2D eigenvalue weighted by atomic mass is 16.3. The molecule has 0 bridgehead atoms. The van der Waals surface area contributed by atoms with Gasteiger partial charge in [0.15, 0.2) is 0 Å². The van der Waals surface area contributed by atoms with Crippen molar-refractivity contribution in [2.24, 2.45) is 5.92 Å². The molecule has 0 aromatic heterocycles. The average molecular weight is 240 g/mol. The Balaban J connectivity index is 1.71. The largest absolute Gasteiger partial charge is 0.392 e. The Morgan fingerprint density at radius 1 is 1.24 bits per heavy atom. The third-order valence-corrected chi connectivity index (χ3v) is 4.49. The molecule has 0 amide bonds. The van der Waals surface area contributed by atoms with Gasteiger partial charge in [0.2, 0.25) is 0 Å². The number of β-amino-alcohol motifs (C(OH)–C–C–N with tert-alkyl or cyclic N) is 1. The maximum absolute atomic E-state index is 10.2. The summed E-state index contributed by atoms with van der Waals surface area (Å²) in [4.78, 5) is 4.84. The van der Waals surface area contributed by atoms with E-state index in [9.17, 15) is 5.11 Å². The lowest BCUT2D eigenvalue weighted by atomic mass is 9.99. The summed E-state index contributed by atoms with van der Waals surface area (Å²) in [7, 11) is 2.18. The Hall–Kier alpha value is -0.120. The Labute approximate surface area is 106 Å². The second-order valence-electron chi connectivity index (χ2n) is 6.15. The molecule has 1 N–H and O–H groups in total. The van der Waals surface area contributed by atoms with Gasteiger partial charge in [-0.1, -0.05) is 25.7 Å². The minimum Gasteiger partial charge on any atom is -0.392 e.